The Hall–Kier alpha value is -2.25. The predicted octanol–water partition coefficient (Wildman–Crippen LogP) is 4.22. The van der Waals surface area contributed by atoms with Crippen LogP contribution in [0.3, 0.4) is 0 Å². The molecule has 0 atom stereocenters. The summed E-state index contributed by atoms with van der Waals surface area (Å²) in [4.78, 5) is 11.2. The Morgan fingerprint density at radius 2 is 1.88 bits per heavy atom. The zero-order valence-electron chi connectivity index (χ0n) is 14.8. The number of hydrogen-bond acceptors (Lipinski definition) is 5. The van der Waals surface area contributed by atoms with Crippen LogP contribution < -0.4 is 10.0 Å². The third-order valence-corrected chi connectivity index (χ3v) is 5.14. The van der Waals surface area contributed by atoms with E-state index in [2.05, 4.69) is 35.1 Å². The van der Waals surface area contributed by atoms with E-state index in [1.165, 1.54) is 12.1 Å². The number of sulfonamides is 1. The topological polar surface area (TPSA) is 87.6 Å². The SMILES string of the molecule is CC(C)NS(=O)(=O)c1ccc(NC2=CC(C)(C)C=CC=C2)c(N=O)c1. The lowest BCUT2D eigenvalue weighted by molar-refractivity contribution is 0.570. The Bertz CT molecular complexity index is 850. The average molecular weight is 361 g/mol. The molecule has 0 amide bonds. The number of benzene rings is 1. The summed E-state index contributed by atoms with van der Waals surface area (Å²) in [6.45, 7) is 7.58. The first kappa shape index (κ1) is 19.1. The first-order valence-electron chi connectivity index (χ1n) is 7.98. The summed E-state index contributed by atoms with van der Waals surface area (Å²) in [6.07, 6.45) is 9.81. The van der Waals surface area contributed by atoms with E-state index in [9.17, 15) is 13.3 Å². The van der Waals surface area contributed by atoms with E-state index in [0.717, 1.165) is 5.70 Å². The van der Waals surface area contributed by atoms with Crippen molar-refractivity contribution in [3.05, 3.63) is 59.2 Å². The van der Waals surface area contributed by atoms with Crippen molar-refractivity contribution in [2.45, 2.75) is 38.6 Å². The number of nitroso groups, excluding NO2 is 1. The molecule has 25 heavy (non-hydrogen) atoms. The van der Waals surface area contributed by atoms with Gasteiger partial charge < -0.3 is 5.32 Å². The van der Waals surface area contributed by atoms with Gasteiger partial charge in [-0.2, -0.15) is 0 Å². The van der Waals surface area contributed by atoms with E-state index in [1.54, 1.807) is 19.9 Å². The minimum absolute atomic E-state index is 0.00809. The van der Waals surface area contributed by atoms with Gasteiger partial charge in [-0.3, -0.25) is 0 Å². The molecule has 1 aliphatic carbocycles. The second-order valence-corrected chi connectivity index (χ2v) is 8.52. The third-order valence-electron chi connectivity index (χ3n) is 3.49. The van der Waals surface area contributed by atoms with Crippen molar-refractivity contribution in [2.24, 2.45) is 10.6 Å². The number of anilines is 1. The summed E-state index contributed by atoms with van der Waals surface area (Å²) in [7, 11) is -3.68. The van der Waals surface area contributed by atoms with Crippen LogP contribution in [0, 0.1) is 10.3 Å². The molecule has 134 valence electrons. The van der Waals surface area contributed by atoms with E-state index in [1.807, 2.05) is 24.3 Å². The van der Waals surface area contributed by atoms with Gasteiger partial charge in [-0.1, -0.05) is 38.2 Å². The number of nitrogens with one attached hydrogen (secondary N) is 2. The molecule has 0 unspecified atom stereocenters. The summed E-state index contributed by atoms with van der Waals surface area (Å²) in [5, 5.41) is 6.12. The fourth-order valence-corrected chi connectivity index (χ4v) is 3.70. The Labute approximate surface area is 148 Å². The van der Waals surface area contributed by atoms with Crippen molar-refractivity contribution >= 4 is 21.4 Å². The van der Waals surface area contributed by atoms with Crippen LogP contribution >= 0.6 is 0 Å². The van der Waals surface area contributed by atoms with Crippen molar-refractivity contribution in [3.63, 3.8) is 0 Å². The highest BCUT2D eigenvalue weighted by molar-refractivity contribution is 7.89. The zero-order chi connectivity index (χ0) is 18.7. The smallest absolute Gasteiger partial charge is 0.240 e. The first-order chi connectivity index (χ1) is 11.6. The molecule has 1 aromatic carbocycles. The molecule has 0 spiro atoms. The molecule has 0 radical (unpaired) electrons. The standard InChI is InChI=1S/C18H23N3O3S/c1-13(2)21-25(23,24)15-8-9-16(17(11-15)20-22)19-14-7-5-6-10-18(3,4)12-14/h5-13,19,21H,1-4H3. The largest absolute Gasteiger partial charge is 0.354 e. The van der Waals surface area contributed by atoms with Crippen molar-refractivity contribution < 1.29 is 8.42 Å². The lowest BCUT2D eigenvalue weighted by Gasteiger charge is -2.17. The Balaban J connectivity index is 2.35. The van der Waals surface area contributed by atoms with Gasteiger partial charge >= 0.3 is 0 Å². The lowest BCUT2D eigenvalue weighted by Crippen LogP contribution is -2.30. The van der Waals surface area contributed by atoms with E-state index in [-0.39, 0.29) is 22.0 Å². The van der Waals surface area contributed by atoms with E-state index in [4.69, 9.17) is 0 Å². The van der Waals surface area contributed by atoms with Crippen LogP contribution in [0.15, 0.2) is 64.3 Å². The van der Waals surface area contributed by atoms with Gasteiger partial charge in [-0.25, -0.2) is 13.1 Å². The van der Waals surface area contributed by atoms with Gasteiger partial charge in [0.05, 0.1) is 10.6 Å². The van der Waals surface area contributed by atoms with Gasteiger partial charge in [-0.15, -0.1) is 4.91 Å². The van der Waals surface area contributed by atoms with Gasteiger partial charge in [0.1, 0.15) is 5.69 Å². The number of hydrogen-bond donors (Lipinski definition) is 2. The summed E-state index contributed by atoms with van der Waals surface area (Å²) in [5.74, 6) is 0. The van der Waals surface area contributed by atoms with Gasteiger partial charge in [0.25, 0.3) is 0 Å². The third kappa shape index (κ3) is 5.11. The van der Waals surface area contributed by atoms with Gasteiger partial charge in [0.2, 0.25) is 10.0 Å². The van der Waals surface area contributed by atoms with Gasteiger partial charge in [0, 0.05) is 17.2 Å². The van der Waals surface area contributed by atoms with Crippen molar-refractivity contribution in [3.8, 4) is 0 Å². The Kier molecular flexibility index (Phi) is 5.59. The molecule has 0 bridgehead atoms. The molecule has 0 aromatic heterocycles. The maximum Gasteiger partial charge on any atom is 0.240 e. The van der Waals surface area contributed by atoms with Crippen molar-refractivity contribution in [1.82, 2.24) is 4.72 Å². The summed E-state index contributed by atoms with van der Waals surface area (Å²) < 4.78 is 27.0. The summed E-state index contributed by atoms with van der Waals surface area (Å²) in [5.41, 5.74) is 1.14. The minimum Gasteiger partial charge on any atom is -0.354 e. The monoisotopic (exact) mass is 361 g/mol. The first-order valence-corrected chi connectivity index (χ1v) is 9.47. The molecule has 0 fully saturated rings. The number of rotatable bonds is 6. The van der Waals surface area contributed by atoms with E-state index in [0.29, 0.717) is 5.69 Å². The molecular formula is C18H23N3O3S. The second kappa shape index (κ2) is 7.33. The summed E-state index contributed by atoms with van der Waals surface area (Å²) >= 11 is 0. The lowest BCUT2D eigenvalue weighted by atomic mass is 9.92. The Morgan fingerprint density at radius 1 is 1.16 bits per heavy atom. The number of nitrogens with zero attached hydrogens (tertiary/aromatic N) is 1. The van der Waals surface area contributed by atoms with Crippen molar-refractivity contribution in [2.75, 3.05) is 5.32 Å². The van der Waals surface area contributed by atoms with Crippen LogP contribution in [-0.4, -0.2) is 14.5 Å². The minimum atomic E-state index is -3.68. The highest BCUT2D eigenvalue weighted by Crippen LogP contribution is 2.31. The van der Waals surface area contributed by atoms with Crippen molar-refractivity contribution in [1.29, 1.82) is 0 Å². The normalized spacial score (nSPS) is 16.4. The highest BCUT2D eigenvalue weighted by Gasteiger charge is 2.18. The molecule has 6 nitrogen and oxygen atoms in total. The number of allylic oxidation sites excluding steroid dienone is 5. The molecular weight excluding hydrogens is 338 g/mol. The van der Waals surface area contributed by atoms with E-state index < -0.39 is 10.0 Å². The van der Waals surface area contributed by atoms with Crippen LogP contribution in [0.4, 0.5) is 11.4 Å². The van der Waals surface area contributed by atoms with Gasteiger partial charge in [-0.05, 0) is 43.3 Å². The molecule has 2 rings (SSSR count). The molecule has 0 saturated heterocycles. The second-order valence-electron chi connectivity index (χ2n) is 6.81. The molecule has 1 aliphatic rings. The van der Waals surface area contributed by atoms with Crippen LogP contribution in [0.2, 0.25) is 0 Å². The fraction of sp³-hybridized carbons (Fsp3) is 0.333. The maximum absolute atomic E-state index is 12.2. The summed E-state index contributed by atoms with van der Waals surface area (Å²) in [6, 6.07) is 4.02. The van der Waals surface area contributed by atoms with Crippen LogP contribution in [0.1, 0.15) is 27.7 Å². The highest BCUT2D eigenvalue weighted by atomic mass is 32.2. The predicted molar refractivity (Wildman–Crippen MR) is 101 cm³/mol. The molecule has 0 aliphatic heterocycles. The van der Waals surface area contributed by atoms with Crippen LogP contribution in [0.5, 0.6) is 0 Å². The molecule has 0 heterocycles. The average Bonchev–Trinajstić information content (AvgIpc) is 2.66. The quantitative estimate of drug-likeness (QED) is 0.743. The molecule has 2 N–H and O–H groups in total. The van der Waals surface area contributed by atoms with Crippen LogP contribution in [0.25, 0.3) is 0 Å². The zero-order valence-corrected chi connectivity index (χ0v) is 15.6. The van der Waals surface area contributed by atoms with Gasteiger partial charge in [0.15, 0.2) is 0 Å². The molecule has 0 saturated carbocycles. The Morgan fingerprint density at radius 3 is 2.52 bits per heavy atom. The van der Waals surface area contributed by atoms with E-state index >= 15 is 0 Å². The molecule has 1 aromatic rings. The fourth-order valence-electron chi connectivity index (χ4n) is 2.43. The maximum atomic E-state index is 12.2. The van der Waals surface area contributed by atoms with Crippen LogP contribution in [-0.2, 0) is 10.0 Å². The molecule has 7 heteroatoms.